The Morgan fingerprint density at radius 3 is 2.29 bits per heavy atom. The molecule has 1 heterocycles. The lowest BCUT2D eigenvalue weighted by atomic mass is 9.86. The highest BCUT2D eigenvalue weighted by molar-refractivity contribution is 9.10. The highest BCUT2D eigenvalue weighted by Gasteiger charge is 2.29. The van der Waals surface area contributed by atoms with Gasteiger partial charge in [-0.15, -0.1) is 0 Å². The predicted octanol–water partition coefficient (Wildman–Crippen LogP) is 5.70. The molecular formula is C19H22BrN. The number of nitrogens with zero attached hydrogens (tertiary/aromatic N) is 1. The minimum Gasteiger partial charge on any atom is -0.364 e. The van der Waals surface area contributed by atoms with Crippen LogP contribution in [-0.4, -0.2) is 6.54 Å². The van der Waals surface area contributed by atoms with Crippen molar-refractivity contribution in [1.82, 2.24) is 0 Å². The number of halogens is 1. The number of hydrogen-bond acceptors (Lipinski definition) is 1. The van der Waals surface area contributed by atoms with Gasteiger partial charge in [0.05, 0.1) is 6.04 Å². The Bertz CT molecular complexity index is 625. The fraction of sp³-hybridized carbons (Fsp3) is 0.368. The smallest absolute Gasteiger partial charge is 0.0559 e. The zero-order valence-electron chi connectivity index (χ0n) is 12.9. The molecule has 1 nitrogen and oxygen atoms in total. The summed E-state index contributed by atoms with van der Waals surface area (Å²) in [6, 6.07) is 18.3. The third-order valence-electron chi connectivity index (χ3n) is 4.32. The van der Waals surface area contributed by atoms with Crippen molar-refractivity contribution in [3.63, 3.8) is 0 Å². The van der Waals surface area contributed by atoms with Crippen LogP contribution in [0.25, 0.3) is 0 Å². The molecule has 1 fully saturated rings. The van der Waals surface area contributed by atoms with Crippen molar-refractivity contribution in [2.45, 2.75) is 38.6 Å². The van der Waals surface area contributed by atoms with Crippen molar-refractivity contribution in [3.8, 4) is 0 Å². The van der Waals surface area contributed by atoms with Gasteiger partial charge in [-0.05, 0) is 47.2 Å². The summed E-state index contributed by atoms with van der Waals surface area (Å²) < 4.78 is 1.16. The zero-order valence-corrected chi connectivity index (χ0v) is 14.5. The van der Waals surface area contributed by atoms with Crippen LogP contribution in [0.3, 0.4) is 0 Å². The van der Waals surface area contributed by atoms with Crippen LogP contribution in [0.5, 0.6) is 0 Å². The molecule has 0 bridgehead atoms. The third kappa shape index (κ3) is 3.01. The lowest BCUT2D eigenvalue weighted by Crippen LogP contribution is -2.40. The van der Waals surface area contributed by atoms with E-state index in [9.17, 15) is 0 Å². The van der Waals surface area contributed by atoms with Gasteiger partial charge in [-0.3, -0.25) is 0 Å². The number of benzene rings is 2. The zero-order chi connectivity index (χ0) is 15.0. The molecule has 1 aliphatic heterocycles. The molecule has 0 amide bonds. The molecular weight excluding hydrogens is 322 g/mol. The first kappa shape index (κ1) is 14.6. The Hall–Kier alpha value is -1.28. The van der Waals surface area contributed by atoms with Crippen LogP contribution in [0.15, 0.2) is 53.0 Å². The second-order valence-corrected chi connectivity index (χ2v) is 7.77. The van der Waals surface area contributed by atoms with E-state index < -0.39 is 0 Å². The molecule has 2 aromatic carbocycles. The monoisotopic (exact) mass is 343 g/mol. The number of rotatable bonds is 2. The highest BCUT2D eigenvalue weighted by Crippen LogP contribution is 2.38. The van der Waals surface area contributed by atoms with Gasteiger partial charge in [-0.2, -0.15) is 0 Å². The highest BCUT2D eigenvalue weighted by atomic mass is 79.9. The second-order valence-electron chi connectivity index (χ2n) is 6.85. The Morgan fingerprint density at radius 2 is 1.76 bits per heavy atom. The molecule has 1 aliphatic rings. The Kier molecular flexibility index (Phi) is 3.83. The van der Waals surface area contributed by atoms with E-state index in [1.165, 1.54) is 23.2 Å². The fourth-order valence-corrected chi connectivity index (χ4v) is 3.33. The maximum absolute atomic E-state index is 3.57. The first-order valence-corrected chi connectivity index (χ1v) is 8.37. The van der Waals surface area contributed by atoms with E-state index in [1.807, 2.05) is 0 Å². The minimum absolute atomic E-state index is 0.219. The van der Waals surface area contributed by atoms with Gasteiger partial charge >= 0.3 is 0 Å². The largest absolute Gasteiger partial charge is 0.364 e. The topological polar surface area (TPSA) is 3.24 Å². The Morgan fingerprint density at radius 1 is 1.05 bits per heavy atom. The summed E-state index contributed by atoms with van der Waals surface area (Å²) in [6.45, 7) is 7.92. The van der Waals surface area contributed by atoms with E-state index in [0.29, 0.717) is 6.04 Å². The average molecular weight is 344 g/mol. The first-order valence-electron chi connectivity index (χ1n) is 7.58. The SMILES string of the molecule is CC(C)(C)c1ccc(N2CCC2c2cccc(Br)c2)cc1. The van der Waals surface area contributed by atoms with Gasteiger partial charge in [-0.1, -0.05) is 61.0 Å². The van der Waals surface area contributed by atoms with Crippen LogP contribution in [0.1, 0.15) is 44.4 Å². The van der Waals surface area contributed by atoms with E-state index >= 15 is 0 Å². The summed E-state index contributed by atoms with van der Waals surface area (Å²) in [5.74, 6) is 0. The van der Waals surface area contributed by atoms with Crippen LogP contribution >= 0.6 is 15.9 Å². The first-order chi connectivity index (χ1) is 9.95. The molecule has 110 valence electrons. The van der Waals surface area contributed by atoms with Crippen molar-refractivity contribution < 1.29 is 0 Å². The maximum Gasteiger partial charge on any atom is 0.0559 e. The van der Waals surface area contributed by atoms with E-state index in [1.54, 1.807) is 0 Å². The molecule has 1 saturated heterocycles. The summed E-state index contributed by atoms with van der Waals surface area (Å²) >= 11 is 3.57. The summed E-state index contributed by atoms with van der Waals surface area (Å²) in [4.78, 5) is 2.49. The van der Waals surface area contributed by atoms with Crippen LogP contribution < -0.4 is 4.90 Å². The molecule has 21 heavy (non-hydrogen) atoms. The van der Waals surface area contributed by atoms with Crippen molar-refractivity contribution in [1.29, 1.82) is 0 Å². The van der Waals surface area contributed by atoms with Crippen LogP contribution in [0, 0.1) is 0 Å². The lowest BCUT2D eigenvalue weighted by molar-refractivity contribution is 0.465. The molecule has 1 unspecified atom stereocenters. The predicted molar refractivity (Wildman–Crippen MR) is 94.0 cm³/mol. The van der Waals surface area contributed by atoms with E-state index in [-0.39, 0.29) is 5.41 Å². The number of hydrogen-bond donors (Lipinski definition) is 0. The van der Waals surface area contributed by atoms with Gasteiger partial charge in [0.2, 0.25) is 0 Å². The van der Waals surface area contributed by atoms with E-state index in [4.69, 9.17) is 0 Å². The van der Waals surface area contributed by atoms with Gasteiger partial charge in [-0.25, -0.2) is 0 Å². The van der Waals surface area contributed by atoms with Crippen molar-refractivity contribution >= 4 is 21.6 Å². The molecule has 0 N–H and O–H groups in total. The van der Waals surface area contributed by atoms with Crippen LogP contribution in [-0.2, 0) is 5.41 Å². The molecule has 0 aliphatic carbocycles. The lowest BCUT2D eigenvalue weighted by Gasteiger charge is -2.43. The van der Waals surface area contributed by atoms with Crippen molar-refractivity contribution in [2.75, 3.05) is 11.4 Å². The quantitative estimate of drug-likeness (QED) is 0.676. The van der Waals surface area contributed by atoms with Gasteiger partial charge in [0.1, 0.15) is 0 Å². The van der Waals surface area contributed by atoms with Gasteiger partial charge in [0, 0.05) is 16.7 Å². The molecule has 3 rings (SSSR count). The Labute approximate surface area is 136 Å². The molecule has 0 radical (unpaired) electrons. The standard InChI is InChI=1S/C19H22BrN/c1-19(2,3)15-7-9-17(10-8-15)21-12-11-18(21)14-5-4-6-16(20)13-14/h4-10,13,18H,11-12H2,1-3H3. The molecule has 2 heteroatoms. The minimum atomic E-state index is 0.219. The van der Waals surface area contributed by atoms with Gasteiger partial charge < -0.3 is 4.90 Å². The summed E-state index contributed by atoms with van der Waals surface area (Å²) in [5, 5.41) is 0. The molecule has 0 aromatic heterocycles. The molecule has 0 spiro atoms. The van der Waals surface area contributed by atoms with Crippen molar-refractivity contribution in [3.05, 3.63) is 64.1 Å². The Balaban J connectivity index is 1.81. The molecule has 1 atom stereocenters. The van der Waals surface area contributed by atoms with Crippen molar-refractivity contribution in [2.24, 2.45) is 0 Å². The van der Waals surface area contributed by atoms with Gasteiger partial charge in [0.15, 0.2) is 0 Å². The molecule has 0 saturated carbocycles. The number of anilines is 1. The summed E-state index contributed by atoms with van der Waals surface area (Å²) in [6.07, 6.45) is 1.23. The maximum atomic E-state index is 3.57. The fourth-order valence-electron chi connectivity index (χ4n) is 2.91. The van der Waals surface area contributed by atoms with Crippen LogP contribution in [0.2, 0.25) is 0 Å². The molecule has 2 aromatic rings. The second kappa shape index (κ2) is 5.49. The normalized spacial score (nSPS) is 18.5. The van der Waals surface area contributed by atoms with Gasteiger partial charge in [0.25, 0.3) is 0 Å². The summed E-state index contributed by atoms with van der Waals surface area (Å²) in [5.41, 5.74) is 4.34. The average Bonchev–Trinajstić information content (AvgIpc) is 2.37. The van der Waals surface area contributed by atoms with E-state index in [2.05, 4.69) is 90.1 Å². The summed E-state index contributed by atoms with van der Waals surface area (Å²) in [7, 11) is 0. The van der Waals surface area contributed by atoms with E-state index in [0.717, 1.165) is 11.0 Å². The third-order valence-corrected chi connectivity index (χ3v) is 4.81. The van der Waals surface area contributed by atoms with Crippen LogP contribution in [0.4, 0.5) is 5.69 Å².